The minimum absolute atomic E-state index is 0.0460. The summed E-state index contributed by atoms with van der Waals surface area (Å²) in [7, 11) is -3.75. The van der Waals surface area contributed by atoms with Crippen LogP contribution in [0, 0.1) is 0 Å². The normalized spacial score (nSPS) is 16.9. The fourth-order valence-electron chi connectivity index (χ4n) is 3.89. The number of nitrogens with one attached hydrogen (secondary N) is 1. The SMILES string of the molecule is CCC(=O)N1CCc2cc(Br)c(S(=O)(=O)CCC(=O)NC[C@H]3COc4ccccc4O3)cc21. The van der Waals surface area contributed by atoms with Crippen LogP contribution in [0.3, 0.4) is 0 Å². The predicted octanol–water partition coefficient (Wildman–Crippen LogP) is 2.87. The summed E-state index contributed by atoms with van der Waals surface area (Å²) in [6, 6.07) is 10.6. The van der Waals surface area contributed by atoms with Crippen molar-refractivity contribution in [2.24, 2.45) is 0 Å². The number of anilines is 1. The van der Waals surface area contributed by atoms with Crippen LogP contribution >= 0.6 is 15.9 Å². The summed E-state index contributed by atoms with van der Waals surface area (Å²) in [6.07, 6.45) is 0.486. The molecule has 0 fully saturated rings. The molecule has 2 aromatic carbocycles. The van der Waals surface area contributed by atoms with Crippen LogP contribution in [-0.4, -0.2) is 51.8 Å². The molecule has 0 saturated heterocycles. The molecule has 0 aliphatic carbocycles. The molecule has 1 N–H and O–H groups in total. The summed E-state index contributed by atoms with van der Waals surface area (Å²) in [4.78, 5) is 26.2. The molecule has 2 aromatic rings. The van der Waals surface area contributed by atoms with Crippen molar-refractivity contribution in [2.45, 2.75) is 37.2 Å². The minimum atomic E-state index is -3.75. The second-order valence-corrected chi connectivity index (χ2v) is 10.9. The van der Waals surface area contributed by atoms with E-state index in [1.807, 2.05) is 18.2 Å². The van der Waals surface area contributed by atoms with Crippen LogP contribution in [0.25, 0.3) is 0 Å². The number of halogens is 1. The van der Waals surface area contributed by atoms with E-state index in [1.165, 1.54) is 6.07 Å². The van der Waals surface area contributed by atoms with Gasteiger partial charge >= 0.3 is 0 Å². The van der Waals surface area contributed by atoms with Crippen molar-refractivity contribution in [3.8, 4) is 11.5 Å². The van der Waals surface area contributed by atoms with Crippen LogP contribution in [0.4, 0.5) is 5.69 Å². The van der Waals surface area contributed by atoms with Gasteiger partial charge in [0.1, 0.15) is 12.7 Å². The average Bonchev–Trinajstić information content (AvgIpc) is 3.23. The van der Waals surface area contributed by atoms with E-state index in [0.29, 0.717) is 47.7 Å². The lowest BCUT2D eigenvalue weighted by Crippen LogP contribution is -2.41. The number of rotatable bonds is 7. The standard InChI is InChI=1S/C23H25BrN2O6S/c1-2-23(28)26-9-7-15-11-17(24)21(12-18(15)26)33(29,30)10-8-22(27)25-13-16-14-31-19-5-3-4-6-20(19)32-16/h3-6,11-12,16H,2,7-10,13-14H2,1H3,(H,25,27)/t16-/m0/s1. The Balaban J connectivity index is 1.36. The molecular formula is C23H25BrN2O6S. The molecule has 10 heteroatoms. The molecule has 0 unspecified atom stereocenters. The van der Waals surface area contributed by atoms with Gasteiger partial charge < -0.3 is 19.7 Å². The van der Waals surface area contributed by atoms with Crippen molar-refractivity contribution >= 4 is 43.3 Å². The number of hydrogen-bond donors (Lipinski definition) is 1. The lowest BCUT2D eigenvalue weighted by Gasteiger charge is -2.26. The topological polar surface area (TPSA) is 102 Å². The second-order valence-electron chi connectivity index (χ2n) is 7.93. The van der Waals surface area contributed by atoms with Gasteiger partial charge in [0.25, 0.3) is 0 Å². The predicted molar refractivity (Wildman–Crippen MR) is 127 cm³/mol. The third-order valence-corrected chi connectivity index (χ3v) is 8.33. The van der Waals surface area contributed by atoms with Crippen LogP contribution in [0.2, 0.25) is 0 Å². The van der Waals surface area contributed by atoms with Gasteiger partial charge in [-0.25, -0.2) is 8.42 Å². The molecule has 0 bridgehead atoms. The van der Waals surface area contributed by atoms with Crippen molar-refractivity contribution in [3.63, 3.8) is 0 Å². The Morgan fingerprint density at radius 2 is 1.97 bits per heavy atom. The summed E-state index contributed by atoms with van der Waals surface area (Å²) in [6.45, 7) is 2.82. The number of carbonyl (C=O) groups is 2. The van der Waals surface area contributed by atoms with Gasteiger partial charge in [-0.05, 0) is 52.2 Å². The Morgan fingerprint density at radius 1 is 1.21 bits per heavy atom. The highest BCUT2D eigenvalue weighted by molar-refractivity contribution is 9.10. The summed E-state index contributed by atoms with van der Waals surface area (Å²) in [5, 5.41) is 2.72. The van der Waals surface area contributed by atoms with Crippen LogP contribution in [-0.2, 0) is 25.8 Å². The highest BCUT2D eigenvalue weighted by Gasteiger charge is 2.29. The van der Waals surface area contributed by atoms with Crippen LogP contribution in [0.15, 0.2) is 45.8 Å². The Bertz CT molecular complexity index is 1180. The summed E-state index contributed by atoms with van der Waals surface area (Å²) < 4.78 is 37.8. The van der Waals surface area contributed by atoms with Crippen molar-refractivity contribution < 1.29 is 27.5 Å². The summed E-state index contributed by atoms with van der Waals surface area (Å²) >= 11 is 3.35. The first-order valence-electron chi connectivity index (χ1n) is 10.8. The highest BCUT2D eigenvalue weighted by atomic mass is 79.9. The molecule has 0 spiro atoms. The molecule has 33 heavy (non-hydrogen) atoms. The molecule has 8 nitrogen and oxygen atoms in total. The Labute approximate surface area is 201 Å². The van der Waals surface area contributed by atoms with E-state index in [1.54, 1.807) is 24.0 Å². The molecular weight excluding hydrogens is 512 g/mol. The lowest BCUT2D eigenvalue weighted by atomic mass is 10.2. The summed E-state index contributed by atoms with van der Waals surface area (Å²) in [5.41, 5.74) is 1.56. The largest absolute Gasteiger partial charge is 0.486 e. The lowest BCUT2D eigenvalue weighted by molar-refractivity contribution is -0.121. The minimum Gasteiger partial charge on any atom is -0.486 e. The third kappa shape index (κ3) is 5.16. The van der Waals surface area contributed by atoms with Crippen molar-refractivity contribution in [1.29, 1.82) is 0 Å². The van der Waals surface area contributed by atoms with E-state index in [9.17, 15) is 18.0 Å². The average molecular weight is 537 g/mol. The molecule has 2 aliphatic rings. The molecule has 2 amide bonds. The fraction of sp³-hybridized carbons (Fsp3) is 0.391. The number of nitrogens with zero attached hydrogens (tertiary/aromatic N) is 1. The zero-order chi connectivity index (χ0) is 23.6. The van der Waals surface area contributed by atoms with Crippen molar-refractivity contribution in [3.05, 3.63) is 46.4 Å². The fourth-order valence-corrected chi connectivity index (χ4v) is 6.34. The van der Waals surface area contributed by atoms with Gasteiger partial charge in [0.05, 0.1) is 17.2 Å². The number of amides is 2. The maximum Gasteiger partial charge on any atom is 0.226 e. The number of hydrogen-bond acceptors (Lipinski definition) is 6. The van der Waals surface area contributed by atoms with E-state index >= 15 is 0 Å². The zero-order valence-corrected chi connectivity index (χ0v) is 20.6. The van der Waals surface area contributed by atoms with Crippen LogP contribution < -0.4 is 19.7 Å². The Hall–Kier alpha value is -2.59. The zero-order valence-electron chi connectivity index (χ0n) is 18.2. The quantitative estimate of drug-likeness (QED) is 0.583. The van der Waals surface area contributed by atoms with Gasteiger partial charge in [-0.1, -0.05) is 19.1 Å². The maximum absolute atomic E-state index is 13.0. The van der Waals surface area contributed by atoms with Gasteiger partial charge in [-0.2, -0.15) is 0 Å². The first-order chi connectivity index (χ1) is 15.8. The molecule has 2 aliphatic heterocycles. The van der Waals surface area contributed by atoms with E-state index < -0.39 is 9.84 Å². The van der Waals surface area contributed by atoms with Gasteiger partial charge in [-0.15, -0.1) is 0 Å². The molecule has 1 atom stereocenters. The van der Waals surface area contributed by atoms with E-state index in [0.717, 1.165) is 5.56 Å². The Morgan fingerprint density at radius 3 is 2.73 bits per heavy atom. The number of carbonyl (C=O) groups excluding carboxylic acids is 2. The van der Waals surface area contributed by atoms with Gasteiger partial charge in [0, 0.05) is 29.5 Å². The molecule has 0 radical (unpaired) electrons. The summed E-state index contributed by atoms with van der Waals surface area (Å²) in [5.74, 6) is 0.493. The number of benzene rings is 2. The first-order valence-corrected chi connectivity index (χ1v) is 13.2. The number of sulfone groups is 1. The molecule has 4 rings (SSSR count). The maximum atomic E-state index is 13.0. The molecule has 2 heterocycles. The third-order valence-electron chi connectivity index (χ3n) is 5.66. The second kappa shape index (κ2) is 9.72. The van der Waals surface area contributed by atoms with Gasteiger partial charge in [-0.3, -0.25) is 9.59 Å². The number of fused-ring (bicyclic) bond motifs is 2. The van der Waals surface area contributed by atoms with Crippen molar-refractivity contribution in [2.75, 3.05) is 30.3 Å². The Kier molecular flexibility index (Phi) is 6.94. The smallest absolute Gasteiger partial charge is 0.226 e. The molecule has 0 saturated carbocycles. The monoisotopic (exact) mass is 536 g/mol. The molecule has 176 valence electrons. The number of para-hydroxylation sites is 2. The van der Waals surface area contributed by atoms with E-state index in [2.05, 4.69) is 21.2 Å². The van der Waals surface area contributed by atoms with Crippen LogP contribution in [0.5, 0.6) is 11.5 Å². The molecule has 0 aromatic heterocycles. The van der Waals surface area contributed by atoms with Crippen molar-refractivity contribution in [1.82, 2.24) is 5.32 Å². The highest BCUT2D eigenvalue weighted by Crippen LogP contribution is 2.36. The van der Waals surface area contributed by atoms with Gasteiger partial charge in [0.15, 0.2) is 21.3 Å². The van der Waals surface area contributed by atoms with E-state index in [-0.39, 0.29) is 41.5 Å². The van der Waals surface area contributed by atoms with Gasteiger partial charge in [0.2, 0.25) is 11.8 Å². The number of ether oxygens (including phenoxy) is 2. The first kappa shape index (κ1) is 23.6. The van der Waals surface area contributed by atoms with E-state index in [4.69, 9.17) is 9.47 Å². The van der Waals surface area contributed by atoms with Crippen LogP contribution in [0.1, 0.15) is 25.3 Å².